The summed E-state index contributed by atoms with van der Waals surface area (Å²) < 4.78 is 18.8. The van der Waals surface area contributed by atoms with Crippen LogP contribution in [0, 0.1) is 11.7 Å². The van der Waals surface area contributed by atoms with Crippen LogP contribution in [0.5, 0.6) is 5.75 Å². The average molecular weight is 250 g/mol. The lowest BCUT2D eigenvalue weighted by Gasteiger charge is -2.13. The Kier molecular flexibility index (Phi) is 4.34. The number of hydrogen-bond acceptors (Lipinski definition) is 2. The summed E-state index contributed by atoms with van der Waals surface area (Å²) >= 11 is 0. The minimum atomic E-state index is -0.469. The first kappa shape index (κ1) is 13.1. The summed E-state index contributed by atoms with van der Waals surface area (Å²) in [5, 5.41) is 0. The fraction of sp³-hybridized carbons (Fsp3) is 0.533. The fourth-order valence-electron chi connectivity index (χ4n) is 2.58. The van der Waals surface area contributed by atoms with Gasteiger partial charge in [0.05, 0.1) is 12.7 Å². The van der Waals surface area contributed by atoms with Gasteiger partial charge in [-0.25, -0.2) is 4.39 Å². The molecule has 18 heavy (non-hydrogen) atoms. The fourth-order valence-corrected chi connectivity index (χ4v) is 2.58. The highest BCUT2D eigenvalue weighted by atomic mass is 19.1. The predicted octanol–water partition coefficient (Wildman–Crippen LogP) is 3.99. The average Bonchev–Trinajstić information content (AvgIpc) is 2.66. The van der Waals surface area contributed by atoms with Crippen LogP contribution in [0.1, 0.15) is 48.9 Å². The monoisotopic (exact) mass is 250 g/mol. The second kappa shape index (κ2) is 5.98. The lowest BCUT2D eigenvalue weighted by Crippen LogP contribution is -2.15. The number of carbonyl (C=O) groups excluding carboxylic acids is 1. The molecular weight excluding hydrogens is 231 g/mol. The van der Waals surface area contributed by atoms with Gasteiger partial charge in [-0.3, -0.25) is 4.79 Å². The van der Waals surface area contributed by atoms with Gasteiger partial charge in [0.25, 0.3) is 0 Å². The van der Waals surface area contributed by atoms with E-state index in [4.69, 9.17) is 4.74 Å². The quantitative estimate of drug-likeness (QED) is 0.599. The molecule has 0 bridgehead atoms. The normalized spacial score (nSPS) is 17.2. The Hall–Kier alpha value is -1.38. The maximum Gasteiger partial charge on any atom is 0.168 e. The number of ether oxygens (including phenoxy) is 1. The van der Waals surface area contributed by atoms with Crippen molar-refractivity contribution in [2.24, 2.45) is 5.92 Å². The second-order valence-corrected chi connectivity index (χ2v) is 4.90. The Labute approximate surface area is 107 Å². The highest BCUT2D eigenvalue weighted by molar-refractivity contribution is 5.98. The molecule has 3 heteroatoms. The Morgan fingerprint density at radius 1 is 1.22 bits per heavy atom. The Bertz CT molecular complexity index is 421. The van der Waals surface area contributed by atoms with Gasteiger partial charge >= 0.3 is 0 Å². The summed E-state index contributed by atoms with van der Waals surface area (Å²) in [6, 6.07) is 4.47. The summed E-state index contributed by atoms with van der Waals surface area (Å²) in [5.74, 6) is -0.0686. The van der Waals surface area contributed by atoms with Gasteiger partial charge < -0.3 is 4.74 Å². The molecule has 0 amide bonds. The molecule has 0 spiro atoms. The highest BCUT2D eigenvalue weighted by Crippen LogP contribution is 2.27. The highest BCUT2D eigenvalue weighted by Gasteiger charge is 2.23. The number of carbonyl (C=O) groups is 1. The summed E-state index contributed by atoms with van der Waals surface area (Å²) in [6.45, 7) is 0. The third-order valence-electron chi connectivity index (χ3n) is 3.67. The van der Waals surface area contributed by atoms with E-state index < -0.39 is 5.82 Å². The third kappa shape index (κ3) is 2.89. The first-order valence-electron chi connectivity index (χ1n) is 6.60. The molecule has 1 fully saturated rings. The van der Waals surface area contributed by atoms with Crippen LogP contribution >= 0.6 is 0 Å². The third-order valence-corrected chi connectivity index (χ3v) is 3.67. The Morgan fingerprint density at radius 2 is 1.89 bits per heavy atom. The molecular formula is C15H19FO2. The Morgan fingerprint density at radius 3 is 2.44 bits per heavy atom. The van der Waals surface area contributed by atoms with Gasteiger partial charge in [-0.15, -0.1) is 0 Å². The van der Waals surface area contributed by atoms with Crippen molar-refractivity contribution in [1.29, 1.82) is 0 Å². The van der Waals surface area contributed by atoms with Gasteiger partial charge in [0.15, 0.2) is 5.78 Å². The van der Waals surface area contributed by atoms with Crippen LogP contribution in [0.15, 0.2) is 18.2 Å². The molecule has 1 saturated carbocycles. The molecule has 0 radical (unpaired) electrons. The smallest absolute Gasteiger partial charge is 0.168 e. The summed E-state index contributed by atoms with van der Waals surface area (Å²) in [4.78, 5) is 12.3. The van der Waals surface area contributed by atoms with Gasteiger partial charge in [0.1, 0.15) is 11.6 Å². The number of methoxy groups -OCH3 is 1. The minimum Gasteiger partial charge on any atom is -0.497 e. The Balaban J connectivity index is 2.16. The first-order valence-corrected chi connectivity index (χ1v) is 6.60. The molecule has 2 nitrogen and oxygen atoms in total. The molecule has 0 aliphatic heterocycles. The molecule has 2 rings (SSSR count). The zero-order valence-corrected chi connectivity index (χ0v) is 10.7. The van der Waals surface area contributed by atoms with Crippen LogP contribution in [-0.2, 0) is 0 Å². The van der Waals surface area contributed by atoms with Crippen LogP contribution in [0.25, 0.3) is 0 Å². The van der Waals surface area contributed by atoms with E-state index in [0.717, 1.165) is 25.7 Å². The van der Waals surface area contributed by atoms with Crippen molar-refractivity contribution >= 4 is 5.78 Å². The predicted molar refractivity (Wildman–Crippen MR) is 68.5 cm³/mol. The molecule has 0 unspecified atom stereocenters. The van der Waals surface area contributed by atoms with Crippen molar-refractivity contribution in [3.63, 3.8) is 0 Å². The van der Waals surface area contributed by atoms with E-state index in [0.29, 0.717) is 5.75 Å². The van der Waals surface area contributed by atoms with Crippen LogP contribution in [0.4, 0.5) is 4.39 Å². The number of hydrogen-bond donors (Lipinski definition) is 0. The summed E-state index contributed by atoms with van der Waals surface area (Å²) in [7, 11) is 1.49. The van der Waals surface area contributed by atoms with Crippen molar-refractivity contribution < 1.29 is 13.9 Å². The lowest BCUT2D eigenvalue weighted by molar-refractivity contribution is 0.0903. The molecule has 0 heterocycles. The number of rotatable bonds is 3. The van der Waals surface area contributed by atoms with E-state index >= 15 is 0 Å². The van der Waals surface area contributed by atoms with E-state index in [2.05, 4.69) is 0 Å². The van der Waals surface area contributed by atoms with Crippen molar-refractivity contribution in [2.45, 2.75) is 38.5 Å². The molecule has 1 aromatic rings. The molecule has 0 atom stereocenters. The maximum absolute atomic E-state index is 13.8. The van der Waals surface area contributed by atoms with Crippen LogP contribution in [0.2, 0.25) is 0 Å². The zero-order chi connectivity index (χ0) is 13.0. The topological polar surface area (TPSA) is 26.3 Å². The minimum absolute atomic E-state index is 0.00426. The number of benzene rings is 1. The summed E-state index contributed by atoms with van der Waals surface area (Å²) in [6.07, 6.45) is 6.32. The van der Waals surface area contributed by atoms with E-state index in [1.807, 2.05) is 0 Å². The van der Waals surface area contributed by atoms with E-state index in [9.17, 15) is 9.18 Å². The van der Waals surface area contributed by atoms with Crippen LogP contribution < -0.4 is 4.74 Å². The first-order chi connectivity index (χ1) is 8.72. The molecule has 98 valence electrons. The van der Waals surface area contributed by atoms with E-state index in [1.165, 1.54) is 26.0 Å². The molecule has 1 aliphatic rings. The molecule has 1 aliphatic carbocycles. The van der Waals surface area contributed by atoms with Gasteiger partial charge in [0.2, 0.25) is 0 Å². The number of ketones is 1. The van der Waals surface area contributed by atoms with E-state index in [-0.39, 0.29) is 17.3 Å². The molecule has 0 N–H and O–H groups in total. The van der Waals surface area contributed by atoms with Crippen molar-refractivity contribution in [2.75, 3.05) is 7.11 Å². The number of halogens is 1. The van der Waals surface area contributed by atoms with Gasteiger partial charge in [-0.1, -0.05) is 25.7 Å². The van der Waals surface area contributed by atoms with Crippen LogP contribution in [0.3, 0.4) is 0 Å². The zero-order valence-electron chi connectivity index (χ0n) is 10.7. The number of Topliss-reactive ketones (excluding diaryl/α,β-unsaturated/α-hetero) is 1. The summed E-state index contributed by atoms with van der Waals surface area (Å²) in [5.41, 5.74) is 0.211. The van der Waals surface area contributed by atoms with Crippen molar-refractivity contribution in [3.05, 3.63) is 29.6 Å². The van der Waals surface area contributed by atoms with Crippen molar-refractivity contribution in [3.8, 4) is 5.75 Å². The SMILES string of the molecule is COc1ccc(C(=O)C2CCCCCC2)c(F)c1. The van der Waals surface area contributed by atoms with Gasteiger partial charge in [-0.2, -0.15) is 0 Å². The van der Waals surface area contributed by atoms with Crippen LogP contribution in [-0.4, -0.2) is 12.9 Å². The standard InChI is InChI=1S/C15H19FO2/c1-18-12-8-9-13(14(16)10-12)15(17)11-6-4-2-3-5-7-11/h8-11H,2-7H2,1H3. The van der Waals surface area contributed by atoms with E-state index in [1.54, 1.807) is 12.1 Å². The molecule has 0 saturated heterocycles. The molecule has 0 aromatic heterocycles. The largest absolute Gasteiger partial charge is 0.497 e. The lowest BCUT2D eigenvalue weighted by atomic mass is 9.91. The molecule has 1 aromatic carbocycles. The van der Waals surface area contributed by atoms with Gasteiger partial charge in [-0.05, 0) is 25.0 Å². The second-order valence-electron chi connectivity index (χ2n) is 4.90. The van der Waals surface area contributed by atoms with Crippen molar-refractivity contribution in [1.82, 2.24) is 0 Å². The van der Waals surface area contributed by atoms with Gasteiger partial charge in [0, 0.05) is 12.0 Å². The maximum atomic E-state index is 13.8.